The first-order chi connectivity index (χ1) is 12.1. The van der Waals surface area contributed by atoms with Crippen LogP contribution in [0.1, 0.15) is 44.1 Å². The number of benzene rings is 1. The highest BCUT2D eigenvalue weighted by atomic mass is 19.1. The van der Waals surface area contributed by atoms with Crippen LogP contribution in [0.2, 0.25) is 0 Å². The summed E-state index contributed by atoms with van der Waals surface area (Å²) in [4.78, 5) is 12.2. The molecule has 0 heterocycles. The molecule has 0 atom stereocenters. The zero-order chi connectivity index (χ0) is 17.9. The summed E-state index contributed by atoms with van der Waals surface area (Å²) >= 11 is 0. The maximum absolute atomic E-state index is 12.5. The lowest BCUT2D eigenvalue weighted by molar-refractivity contribution is -0.137. The highest BCUT2D eigenvalue weighted by Crippen LogP contribution is 2.57. The van der Waals surface area contributed by atoms with Gasteiger partial charge in [0.15, 0.2) is 0 Å². The van der Waals surface area contributed by atoms with Gasteiger partial charge >= 0.3 is 0 Å². The van der Waals surface area contributed by atoms with E-state index in [0.717, 1.165) is 44.3 Å². The predicted molar refractivity (Wildman–Crippen MR) is 96.1 cm³/mol. The van der Waals surface area contributed by atoms with Crippen molar-refractivity contribution in [1.82, 2.24) is 5.32 Å². The summed E-state index contributed by atoms with van der Waals surface area (Å²) in [6.45, 7) is 0.330. The molecule has 5 heteroatoms. The van der Waals surface area contributed by atoms with E-state index < -0.39 is 0 Å². The summed E-state index contributed by atoms with van der Waals surface area (Å²) in [5, 5.41) is 2.85. The smallest absolute Gasteiger partial charge is 0.225 e. The number of halogens is 1. The maximum atomic E-state index is 12.5. The molecule has 0 spiro atoms. The van der Waals surface area contributed by atoms with E-state index in [-0.39, 0.29) is 29.9 Å². The number of nitrogens with two attached hydrogens (primary N) is 1. The highest BCUT2D eigenvalue weighted by molar-refractivity contribution is 5.82. The lowest BCUT2D eigenvalue weighted by Gasteiger charge is -2.52. The summed E-state index contributed by atoms with van der Waals surface area (Å²) in [7, 11) is 1.74. The summed E-state index contributed by atoms with van der Waals surface area (Å²) in [6.07, 6.45) is 6.58. The maximum Gasteiger partial charge on any atom is 0.225 e. The topological polar surface area (TPSA) is 64.3 Å². The van der Waals surface area contributed by atoms with E-state index in [1.807, 2.05) is 12.1 Å². The standard InChI is InChI=1S/C20H27FN2O2/c1-23-18(24)20-9-6-19(7-10-20,8-11-20)16-2-4-17(5-3-16)25-14-15(12-21)13-22/h2-5,12H,6-11,13-14,22H2,1H3,(H,23,24)/b15-12+. The highest BCUT2D eigenvalue weighted by Gasteiger charge is 2.52. The summed E-state index contributed by atoms with van der Waals surface area (Å²) in [5.74, 6) is 0.931. The second kappa shape index (κ2) is 7.16. The van der Waals surface area contributed by atoms with Crippen LogP contribution in [0.4, 0.5) is 4.39 Å². The Labute approximate surface area is 148 Å². The number of hydrogen-bond donors (Lipinski definition) is 2. The molecule has 3 aliphatic rings. The van der Waals surface area contributed by atoms with Crippen LogP contribution in [-0.4, -0.2) is 26.1 Å². The molecule has 2 bridgehead atoms. The first kappa shape index (κ1) is 17.9. The van der Waals surface area contributed by atoms with Crippen molar-refractivity contribution >= 4 is 5.91 Å². The number of amides is 1. The van der Waals surface area contributed by atoms with Gasteiger partial charge in [0.1, 0.15) is 12.4 Å². The summed E-state index contributed by atoms with van der Waals surface area (Å²) in [6, 6.07) is 8.14. The Balaban J connectivity index is 1.67. The van der Waals surface area contributed by atoms with Crippen molar-refractivity contribution in [2.45, 2.75) is 43.9 Å². The fourth-order valence-corrected chi connectivity index (χ4v) is 4.44. The van der Waals surface area contributed by atoms with Gasteiger partial charge in [-0.15, -0.1) is 0 Å². The first-order valence-corrected chi connectivity index (χ1v) is 9.01. The SMILES string of the molecule is CNC(=O)C12CCC(c3ccc(OC/C(=C/F)CN)cc3)(CC1)CC2. The third kappa shape index (κ3) is 3.30. The molecule has 4 rings (SSSR count). The molecule has 4 nitrogen and oxygen atoms in total. The molecule has 1 aromatic carbocycles. The Kier molecular flexibility index (Phi) is 5.13. The van der Waals surface area contributed by atoms with Crippen molar-refractivity contribution < 1.29 is 13.9 Å². The van der Waals surface area contributed by atoms with Crippen LogP contribution >= 0.6 is 0 Å². The van der Waals surface area contributed by atoms with E-state index in [2.05, 4.69) is 17.4 Å². The van der Waals surface area contributed by atoms with Gasteiger partial charge in [-0.2, -0.15) is 0 Å². The Bertz CT molecular complexity index is 630. The normalized spacial score (nSPS) is 28.7. The largest absolute Gasteiger partial charge is 0.489 e. The predicted octanol–water partition coefficient (Wildman–Crippen LogP) is 3.22. The Morgan fingerprint density at radius 3 is 2.28 bits per heavy atom. The van der Waals surface area contributed by atoms with Crippen molar-refractivity contribution in [2.75, 3.05) is 20.2 Å². The van der Waals surface area contributed by atoms with Gasteiger partial charge in [-0.25, -0.2) is 4.39 Å². The van der Waals surface area contributed by atoms with E-state index in [1.165, 1.54) is 5.56 Å². The third-order valence-electron chi connectivity index (χ3n) is 6.26. The van der Waals surface area contributed by atoms with Gasteiger partial charge in [0.25, 0.3) is 0 Å². The molecule has 0 saturated heterocycles. The lowest BCUT2D eigenvalue weighted by atomic mass is 9.51. The molecule has 0 aliphatic heterocycles. The summed E-state index contributed by atoms with van der Waals surface area (Å²) in [5.41, 5.74) is 7.24. The van der Waals surface area contributed by atoms with Gasteiger partial charge in [0, 0.05) is 24.6 Å². The van der Waals surface area contributed by atoms with Crippen molar-refractivity contribution in [2.24, 2.45) is 11.1 Å². The molecule has 3 aliphatic carbocycles. The minimum Gasteiger partial charge on any atom is -0.489 e. The molecule has 0 aromatic heterocycles. The molecular formula is C20H27FN2O2. The van der Waals surface area contributed by atoms with Gasteiger partial charge in [0.05, 0.1) is 6.33 Å². The minimum atomic E-state index is -0.142. The molecule has 3 fully saturated rings. The molecule has 136 valence electrons. The molecule has 25 heavy (non-hydrogen) atoms. The zero-order valence-corrected chi connectivity index (χ0v) is 14.8. The lowest BCUT2D eigenvalue weighted by Crippen LogP contribution is -2.51. The fraction of sp³-hybridized carbons (Fsp3) is 0.550. The molecule has 3 N–H and O–H groups in total. The average molecular weight is 346 g/mol. The minimum absolute atomic E-state index is 0.142. The third-order valence-corrected chi connectivity index (χ3v) is 6.26. The number of hydrogen-bond acceptors (Lipinski definition) is 3. The van der Waals surface area contributed by atoms with Gasteiger partial charge in [-0.1, -0.05) is 12.1 Å². The second-order valence-corrected chi connectivity index (χ2v) is 7.42. The number of ether oxygens (including phenoxy) is 1. The fourth-order valence-electron chi connectivity index (χ4n) is 4.44. The quantitative estimate of drug-likeness (QED) is 0.831. The van der Waals surface area contributed by atoms with Crippen LogP contribution in [-0.2, 0) is 10.2 Å². The molecule has 0 unspecified atom stereocenters. The van der Waals surface area contributed by atoms with Gasteiger partial charge < -0.3 is 15.8 Å². The molecule has 1 aromatic rings. The number of carbonyl (C=O) groups is 1. The summed E-state index contributed by atoms with van der Waals surface area (Å²) < 4.78 is 18.1. The number of rotatable bonds is 6. The van der Waals surface area contributed by atoms with E-state index in [0.29, 0.717) is 11.9 Å². The monoisotopic (exact) mass is 346 g/mol. The molecule has 3 saturated carbocycles. The second-order valence-electron chi connectivity index (χ2n) is 7.42. The average Bonchev–Trinajstić information content (AvgIpc) is 2.70. The number of nitrogens with one attached hydrogen (secondary N) is 1. The van der Waals surface area contributed by atoms with Crippen LogP contribution in [0.5, 0.6) is 5.75 Å². The van der Waals surface area contributed by atoms with Gasteiger partial charge in [-0.05, 0) is 61.6 Å². The first-order valence-electron chi connectivity index (χ1n) is 9.01. The van der Waals surface area contributed by atoms with Crippen LogP contribution in [0.25, 0.3) is 0 Å². The Morgan fingerprint density at radius 1 is 1.20 bits per heavy atom. The zero-order valence-electron chi connectivity index (χ0n) is 14.8. The van der Waals surface area contributed by atoms with E-state index in [4.69, 9.17) is 10.5 Å². The Hall–Kier alpha value is -1.88. The van der Waals surface area contributed by atoms with Gasteiger partial charge in [-0.3, -0.25) is 4.79 Å². The van der Waals surface area contributed by atoms with Crippen molar-refractivity contribution in [1.29, 1.82) is 0 Å². The van der Waals surface area contributed by atoms with E-state index >= 15 is 0 Å². The van der Waals surface area contributed by atoms with Crippen LogP contribution in [0.3, 0.4) is 0 Å². The van der Waals surface area contributed by atoms with Crippen molar-refractivity contribution in [3.63, 3.8) is 0 Å². The number of carbonyl (C=O) groups excluding carboxylic acids is 1. The number of fused-ring (bicyclic) bond motifs is 3. The van der Waals surface area contributed by atoms with Crippen LogP contribution in [0, 0.1) is 5.41 Å². The van der Waals surface area contributed by atoms with E-state index in [9.17, 15) is 9.18 Å². The van der Waals surface area contributed by atoms with Gasteiger partial charge in [0.2, 0.25) is 5.91 Å². The van der Waals surface area contributed by atoms with Crippen LogP contribution in [0.15, 0.2) is 36.2 Å². The van der Waals surface area contributed by atoms with Crippen LogP contribution < -0.4 is 15.8 Å². The Morgan fingerprint density at radius 2 is 1.80 bits per heavy atom. The molecule has 0 radical (unpaired) electrons. The van der Waals surface area contributed by atoms with Crippen molar-refractivity contribution in [3.05, 3.63) is 41.7 Å². The van der Waals surface area contributed by atoms with E-state index in [1.54, 1.807) is 7.05 Å². The van der Waals surface area contributed by atoms with Crippen molar-refractivity contribution in [3.8, 4) is 5.75 Å². The molecular weight excluding hydrogens is 319 g/mol. The molecule has 1 amide bonds.